The number of methoxy groups -OCH3 is 1. The van der Waals surface area contributed by atoms with Crippen molar-refractivity contribution in [2.24, 2.45) is 11.8 Å². The second-order valence-electron chi connectivity index (χ2n) is 9.99. The highest BCUT2D eigenvalue weighted by Gasteiger charge is 2.31. The topological polar surface area (TPSA) is 71.1 Å². The predicted octanol–water partition coefficient (Wildman–Crippen LogP) is 4.04. The fourth-order valence-electron chi connectivity index (χ4n) is 4.56. The van der Waals surface area contributed by atoms with E-state index in [9.17, 15) is 9.59 Å². The highest BCUT2D eigenvalue weighted by atomic mass is 16.5. The summed E-state index contributed by atoms with van der Waals surface area (Å²) >= 11 is 0. The Kier molecular flexibility index (Phi) is 8.08. The van der Waals surface area contributed by atoms with Gasteiger partial charge in [-0.15, -0.1) is 0 Å². The van der Waals surface area contributed by atoms with Crippen LogP contribution in [0.3, 0.4) is 0 Å². The first kappa shape index (κ1) is 25.2. The number of carbonyl (C=O) groups is 2. The van der Waals surface area contributed by atoms with Crippen molar-refractivity contribution in [1.82, 2.24) is 9.80 Å². The highest BCUT2D eigenvalue weighted by Crippen LogP contribution is 2.31. The van der Waals surface area contributed by atoms with Crippen molar-refractivity contribution >= 4 is 17.5 Å². The summed E-state index contributed by atoms with van der Waals surface area (Å²) in [7, 11) is 3.50. The number of nitrogens with one attached hydrogen (secondary N) is 1. The Bertz CT molecular complexity index is 1020. The Hall–Kier alpha value is -2.90. The zero-order valence-electron chi connectivity index (χ0n) is 21.2. The molecule has 7 nitrogen and oxygen atoms in total. The average molecular weight is 480 g/mol. The summed E-state index contributed by atoms with van der Waals surface area (Å²) < 4.78 is 12.1. The molecule has 4 rings (SSSR count). The highest BCUT2D eigenvalue weighted by molar-refractivity contribution is 6.00. The quantitative estimate of drug-likeness (QED) is 0.701. The van der Waals surface area contributed by atoms with Crippen LogP contribution in [-0.4, -0.2) is 67.6 Å². The van der Waals surface area contributed by atoms with Crippen LogP contribution in [-0.2, 0) is 16.1 Å². The minimum Gasteiger partial charge on any atom is -0.491 e. The number of likely N-dealkylation sites (N-methyl/N-ethyl adjacent to an activating group) is 1. The molecule has 0 radical (unpaired) electrons. The normalized spacial score (nSPS) is 24.1. The van der Waals surface area contributed by atoms with Gasteiger partial charge in [-0.05, 0) is 49.4 Å². The minimum atomic E-state index is -0.147. The van der Waals surface area contributed by atoms with Crippen LogP contribution in [0.15, 0.2) is 48.5 Å². The smallest absolute Gasteiger partial charge is 0.257 e. The lowest BCUT2D eigenvalue weighted by Gasteiger charge is -2.36. The van der Waals surface area contributed by atoms with E-state index in [0.717, 1.165) is 25.9 Å². The van der Waals surface area contributed by atoms with E-state index < -0.39 is 0 Å². The van der Waals surface area contributed by atoms with E-state index in [1.54, 1.807) is 31.2 Å². The van der Waals surface area contributed by atoms with Gasteiger partial charge in [0.1, 0.15) is 12.4 Å². The Balaban J connectivity index is 1.61. The van der Waals surface area contributed by atoms with Crippen molar-refractivity contribution in [3.8, 4) is 5.75 Å². The second-order valence-corrected chi connectivity index (χ2v) is 9.99. The lowest BCUT2D eigenvalue weighted by Crippen LogP contribution is -2.46. The van der Waals surface area contributed by atoms with Crippen LogP contribution in [0.25, 0.3) is 0 Å². The van der Waals surface area contributed by atoms with Crippen molar-refractivity contribution in [3.63, 3.8) is 0 Å². The number of rotatable bonds is 5. The molecule has 188 valence electrons. The molecule has 2 aliphatic rings. The number of benzene rings is 2. The third-order valence-corrected chi connectivity index (χ3v) is 7.02. The third-order valence-electron chi connectivity index (χ3n) is 7.02. The molecule has 3 atom stereocenters. The van der Waals surface area contributed by atoms with Crippen molar-refractivity contribution in [2.75, 3.05) is 39.2 Å². The van der Waals surface area contributed by atoms with Crippen molar-refractivity contribution in [2.45, 2.75) is 45.4 Å². The van der Waals surface area contributed by atoms with E-state index in [2.05, 4.69) is 48.3 Å². The van der Waals surface area contributed by atoms with Gasteiger partial charge in [0.15, 0.2) is 0 Å². The first-order chi connectivity index (χ1) is 16.9. The largest absolute Gasteiger partial charge is 0.491 e. The fraction of sp³-hybridized carbons (Fsp3) is 0.500. The second kappa shape index (κ2) is 11.2. The molecule has 1 saturated carbocycles. The summed E-state index contributed by atoms with van der Waals surface area (Å²) in [5, 5.41) is 2.95. The standard InChI is InChI=1S/C28H37N3O4/c1-19-15-31(16-21-8-6-5-7-9-21)20(2)18-35-25-13-12-23(29-27(32)22-10-11-22)14-24(25)28(33)30(3)17-26(19)34-4/h5-9,12-14,19-20,22,26H,10-11,15-18H2,1-4H3,(H,29,32)/t19-,20+,26-/m0/s1. The van der Waals surface area contributed by atoms with Gasteiger partial charge in [-0.2, -0.15) is 0 Å². The van der Waals surface area contributed by atoms with Crippen LogP contribution in [0.4, 0.5) is 5.69 Å². The van der Waals surface area contributed by atoms with E-state index in [1.165, 1.54) is 5.56 Å². The summed E-state index contributed by atoms with van der Waals surface area (Å²) in [5.41, 5.74) is 2.32. The summed E-state index contributed by atoms with van der Waals surface area (Å²) in [6.07, 6.45) is 1.74. The van der Waals surface area contributed by atoms with Gasteiger partial charge in [0.05, 0.1) is 11.7 Å². The van der Waals surface area contributed by atoms with Gasteiger partial charge in [-0.1, -0.05) is 37.3 Å². The molecule has 1 aliphatic heterocycles. The lowest BCUT2D eigenvalue weighted by molar-refractivity contribution is -0.117. The SMILES string of the molecule is CO[C@H]1CN(C)C(=O)c2cc(NC(=O)C3CC3)ccc2OC[C@@H](C)N(Cc2ccccc2)C[C@@H]1C. The predicted molar refractivity (Wildman–Crippen MR) is 137 cm³/mol. The molecule has 1 fully saturated rings. The van der Waals surface area contributed by atoms with Crippen LogP contribution < -0.4 is 10.1 Å². The zero-order valence-corrected chi connectivity index (χ0v) is 21.2. The van der Waals surface area contributed by atoms with E-state index in [-0.39, 0.29) is 35.8 Å². The maximum absolute atomic E-state index is 13.5. The van der Waals surface area contributed by atoms with E-state index in [0.29, 0.717) is 30.2 Å². The zero-order chi connectivity index (χ0) is 24.9. The fourth-order valence-corrected chi connectivity index (χ4v) is 4.56. The molecule has 7 heteroatoms. The number of anilines is 1. The van der Waals surface area contributed by atoms with Gasteiger partial charge in [0.2, 0.25) is 5.91 Å². The molecular weight excluding hydrogens is 442 g/mol. The Morgan fingerprint density at radius 3 is 2.54 bits per heavy atom. The molecule has 0 spiro atoms. The molecule has 0 aromatic heterocycles. The maximum atomic E-state index is 13.5. The lowest BCUT2D eigenvalue weighted by atomic mass is 10.0. The minimum absolute atomic E-state index is 0.0123. The molecule has 1 heterocycles. The molecule has 2 aromatic carbocycles. The number of carbonyl (C=O) groups excluding carboxylic acids is 2. The van der Waals surface area contributed by atoms with Gasteiger partial charge in [-0.25, -0.2) is 0 Å². The van der Waals surface area contributed by atoms with Crippen molar-refractivity contribution < 1.29 is 19.1 Å². The Morgan fingerprint density at radius 1 is 1.11 bits per heavy atom. The Morgan fingerprint density at radius 2 is 1.86 bits per heavy atom. The van der Waals surface area contributed by atoms with E-state index in [1.807, 2.05) is 12.1 Å². The monoisotopic (exact) mass is 479 g/mol. The molecule has 2 aromatic rings. The van der Waals surface area contributed by atoms with Gasteiger partial charge < -0.3 is 19.7 Å². The first-order valence-corrected chi connectivity index (χ1v) is 12.5. The molecule has 0 bridgehead atoms. The Labute approximate surface area is 208 Å². The van der Waals surface area contributed by atoms with Gasteiger partial charge in [0.25, 0.3) is 5.91 Å². The summed E-state index contributed by atoms with van der Waals surface area (Å²) in [5.74, 6) is 0.681. The van der Waals surface area contributed by atoms with Gasteiger partial charge >= 0.3 is 0 Å². The number of nitrogens with zero attached hydrogens (tertiary/aromatic N) is 2. The molecular formula is C28H37N3O4. The van der Waals surface area contributed by atoms with Crippen LogP contribution in [0.5, 0.6) is 5.75 Å². The molecule has 0 unspecified atom stereocenters. The first-order valence-electron chi connectivity index (χ1n) is 12.5. The van der Waals surface area contributed by atoms with Crippen LogP contribution in [0, 0.1) is 11.8 Å². The maximum Gasteiger partial charge on any atom is 0.257 e. The molecule has 1 aliphatic carbocycles. The number of ether oxygens (including phenoxy) is 2. The number of amides is 2. The average Bonchev–Trinajstić information content (AvgIpc) is 3.71. The number of fused-ring (bicyclic) bond motifs is 1. The number of hydrogen-bond acceptors (Lipinski definition) is 5. The van der Waals surface area contributed by atoms with Crippen LogP contribution in [0.2, 0.25) is 0 Å². The van der Waals surface area contributed by atoms with Gasteiger partial charge in [-0.3, -0.25) is 14.5 Å². The van der Waals surface area contributed by atoms with Crippen molar-refractivity contribution in [1.29, 1.82) is 0 Å². The van der Waals surface area contributed by atoms with Gasteiger partial charge in [0, 0.05) is 51.4 Å². The summed E-state index contributed by atoms with van der Waals surface area (Å²) in [4.78, 5) is 29.8. The summed E-state index contributed by atoms with van der Waals surface area (Å²) in [6.45, 7) is 6.85. The third kappa shape index (κ3) is 6.41. The molecule has 1 N–H and O–H groups in total. The molecule has 35 heavy (non-hydrogen) atoms. The van der Waals surface area contributed by atoms with E-state index in [4.69, 9.17) is 9.47 Å². The van der Waals surface area contributed by atoms with Crippen LogP contribution >= 0.6 is 0 Å². The van der Waals surface area contributed by atoms with E-state index >= 15 is 0 Å². The van der Waals surface area contributed by atoms with Crippen molar-refractivity contribution in [3.05, 3.63) is 59.7 Å². The number of hydrogen-bond donors (Lipinski definition) is 1. The van der Waals surface area contributed by atoms with Crippen LogP contribution in [0.1, 0.15) is 42.6 Å². The summed E-state index contributed by atoms with van der Waals surface area (Å²) in [6, 6.07) is 15.9. The molecule has 2 amide bonds. The molecule has 0 saturated heterocycles.